The van der Waals surface area contributed by atoms with E-state index in [9.17, 15) is 4.79 Å². The zero-order valence-electron chi connectivity index (χ0n) is 19.2. The zero-order chi connectivity index (χ0) is 24.4. The first-order chi connectivity index (χ1) is 17.1. The van der Waals surface area contributed by atoms with E-state index in [0.717, 1.165) is 22.4 Å². The summed E-state index contributed by atoms with van der Waals surface area (Å²) in [6.45, 7) is 2.10. The first kappa shape index (κ1) is 22.1. The van der Waals surface area contributed by atoms with Crippen LogP contribution in [0.1, 0.15) is 29.2 Å². The molecule has 2 aromatic heterocycles. The second-order valence-corrected chi connectivity index (χ2v) is 8.00. The number of carbonyl (C=O) groups excluding carboxylic acids is 1. The molecule has 174 valence electrons. The number of nitrogens with zero attached hydrogens (tertiary/aromatic N) is 5. The predicted octanol–water partition coefficient (Wildman–Crippen LogP) is 3.53. The number of terminal acetylenes is 1. The Labute approximate surface area is 202 Å². The molecule has 0 spiro atoms. The average molecular weight is 467 g/mol. The molecule has 1 amide bonds. The summed E-state index contributed by atoms with van der Waals surface area (Å²) in [5.41, 5.74) is 4.09. The van der Waals surface area contributed by atoms with Gasteiger partial charge in [-0.3, -0.25) is 4.79 Å². The van der Waals surface area contributed by atoms with Gasteiger partial charge in [-0.05, 0) is 36.8 Å². The third-order valence-electron chi connectivity index (χ3n) is 5.81. The number of hydrogen-bond acceptors (Lipinski definition) is 7. The van der Waals surface area contributed by atoms with Crippen LogP contribution in [0, 0.1) is 19.3 Å². The van der Waals surface area contributed by atoms with Gasteiger partial charge in [-0.25, -0.2) is 4.98 Å². The summed E-state index contributed by atoms with van der Waals surface area (Å²) in [7, 11) is 1.61. The smallest absolute Gasteiger partial charge is 0.272 e. The lowest BCUT2D eigenvalue weighted by Gasteiger charge is -2.24. The lowest BCUT2D eigenvalue weighted by atomic mass is 9.86. The highest BCUT2D eigenvalue weighted by Gasteiger charge is 2.33. The zero-order valence-corrected chi connectivity index (χ0v) is 19.2. The van der Waals surface area contributed by atoms with Gasteiger partial charge < -0.3 is 14.8 Å². The number of benzene rings is 2. The minimum Gasteiger partial charge on any atom is -0.497 e. The van der Waals surface area contributed by atoms with Crippen LogP contribution < -0.4 is 14.8 Å². The molecular weight excluding hydrogens is 444 g/mol. The molecule has 1 atom stereocenters. The number of fused-ring (bicyclic) bond motifs is 1. The molecule has 0 aliphatic carbocycles. The monoisotopic (exact) mass is 466 g/mol. The van der Waals surface area contributed by atoms with E-state index in [1.165, 1.54) is 4.68 Å². The lowest BCUT2D eigenvalue weighted by Crippen LogP contribution is -2.25. The van der Waals surface area contributed by atoms with E-state index in [-0.39, 0.29) is 24.4 Å². The topological polar surface area (TPSA) is 104 Å². The van der Waals surface area contributed by atoms with Crippen molar-refractivity contribution >= 4 is 11.7 Å². The molecule has 0 saturated carbocycles. The second kappa shape index (κ2) is 9.27. The Morgan fingerprint density at radius 2 is 2.03 bits per heavy atom. The largest absolute Gasteiger partial charge is 0.497 e. The Bertz CT molecular complexity index is 1440. The van der Waals surface area contributed by atoms with Gasteiger partial charge in [0.15, 0.2) is 0 Å². The lowest BCUT2D eigenvalue weighted by molar-refractivity contribution is -0.116. The third-order valence-corrected chi connectivity index (χ3v) is 5.81. The van der Waals surface area contributed by atoms with Crippen molar-refractivity contribution in [3.8, 4) is 41.0 Å². The van der Waals surface area contributed by atoms with Gasteiger partial charge in [0.25, 0.3) is 5.95 Å². The highest BCUT2D eigenvalue weighted by molar-refractivity contribution is 5.95. The first-order valence-corrected chi connectivity index (χ1v) is 11.0. The second-order valence-electron chi connectivity index (χ2n) is 8.00. The number of carbonyl (C=O) groups is 1. The summed E-state index contributed by atoms with van der Waals surface area (Å²) in [5, 5.41) is 15.9. The van der Waals surface area contributed by atoms with Gasteiger partial charge in [0.05, 0.1) is 24.7 Å². The number of methoxy groups -OCH3 is 1. The van der Waals surface area contributed by atoms with Gasteiger partial charge in [-0.2, -0.15) is 14.9 Å². The Morgan fingerprint density at radius 1 is 1.20 bits per heavy atom. The fraction of sp³-hybridized carbons (Fsp3) is 0.192. The van der Waals surface area contributed by atoms with E-state index >= 15 is 0 Å². The Kier molecular flexibility index (Phi) is 5.85. The molecule has 9 heteroatoms. The van der Waals surface area contributed by atoms with Crippen molar-refractivity contribution in [2.75, 3.05) is 19.0 Å². The van der Waals surface area contributed by atoms with Crippen LogP contribution in [0.15, 0.2) is 54.7 Å². The molecule has 35 heavy (non-hydrogen) atoms. The van der Waals surface area contributed by atoms with Crippen molar-refractivity contribution in [2.45, 2.75) is 19.3 Å². The number of amides is 1. The van der Waals surface area contributed by atoms with Crippen molar-refractivity contribution in [1.82, 2.24) is 25.0 Å². The van der Waals surface area contributed by atoms with Crippen LogP contribution in [-0.2, 0) is 4.79 Å². The van der Waals surface area contributed by atoms with Crippen LogP contribution in [-0.4, -0.2) is 44.6 Å². The fourth-order valence-electron chi connectivity index (χ4n) is 4.20. The van der Waals surface area contributed by atoms with Crippen molar-refractivity contribution in [2.24, 2.45) is 0 Å². The van der Waals surface area contributed by atoms with Crippen LogP contribution >= 0.6 is 0 Å². The summed E-state index contributed by atoms with van der Waals surface area (Å²) in [6, 6.07) is 15.1. The van der Waals surface area contributed by atoms with E-state index in [0.29, 0.717) is 29.4 Å². The number of anilines is 1. The molecule has 1 unspecified atom stereocenters. The van der Waals surface area contributed by atoms with E-state index in [2.05, 4.69) is 31.5 Å². The predicted molar refractivity (Wildman–Crippen MR) is 130 cm³/mol. The van der Waals surface area contributed by atoms with Crippen LogP contribution in [0.5, 0.6) is 11.5 Å². The first-order valence-electron chi connectivity index (χ1n) is 11.0. The molecule has 5 rings (SSSR count). The number of ether oxygens (including phenoxy) is 2. The van der Waals surface area contributed by atoms with Gasteiger partial charge in [0.2, 0.25) is 5.91 Å². The van der Waals surface area contributed by atoms with Crippen molar-refractivity contribution in [3.63, 3.8) is 0 Å². The maximum atomic E-state index is 12.7. The quantitative estimate of drug-likeness (QED) is 0.434. The molecule has 2 aromatic carbocycles. The average Bonchev–Trinajstić information content (AvgIpc) is 3.23. The molecule has 1 N–H and O–H groups in total. The summed E-state index contributed by atoms with van der Waals surface area (Å²) in [5.74, 6) is 4.34. The Hall–Kier alpha value is -4.71. The van der Waals surface area contributed by atoms with Gasteiger partial charge in [0.1, 0.15) is 23.9 Å². The molecule has 4 aromatic rings. The molecule has 0 fully saturated rings. The highest BCUT2D eigenvalue weighted by Crippen LogP contribution is 2.40. The summed E-state index contributed by atoms with van der Waals surface area (Å²) in [6.07, 6.45) is 7.14. The van der Waals surface area contributed by atoms with Crippen LogP contribution in [0.3, 0.4) is 0 Å². The number of aromatic nitrogens is 5. The van der Waals surface area contributed by atoms with Crippen molar-refractivity contribution < 1.29 is 14.3 Å². The molecule has 0 bridgehead atoms. The summed E-state index contributed by atoms with van der Waals surface area (Å²) >= 11 is 0. The number of aryl methyl sites for hydroxylation is 1. The normalized spacial score (nSPS) is 14.5. The SMILES string of the molecule is C#CCOc1ccc(C2CC(=O)Nc3c2c(C)nn3-c2nncc(-c3cccc(OC)c3)n2)cc1. The van der Waals surface area contributed by atoms with Crippen LogP contribution in [0.25, 0.3) is 17.2 Å². The molecule has 0 radical (unpaired) electrons. The molecule has 0 saturated heterocycles. The van der Waals surface area contributed by atoms with E-state index in [1.54, 1.807) is 13.3 Å². The Balaban J connectivity index is 1.53. The van der Waals surface area contributed by atoms with E-state index in [1.807, 2.05) is 55.5 Å². The number of nitrogens with one attached hydrogen (secondary N) is 1. The van der Waals surface area contributed by atoms with Gasteiger partial charge >= 0.3 is 0 Å². The standard InChI is InChI=1S/C26H22N6O3/c1-4-12-35-19-10-8-17(9-11-19)21-14-23(33)29-25-24(21)16(2)31-32(25)26-28-22(15-27-30-26)18-6-5-7-20(13-18)34-3/h1,5-11,13,15,21H,12,14H2,2-3H3,(H,29,33). The minimum atomic E-state index is -0.177. The maximum Gasteiger partial charge on any atom is 0.272 e. The van der Waals surface area contributed by atoms with Gasteiger partial charge in [-0.15, -0.1) is 11.5 Å². The van der Waals surface area contributed by atoms with Gasteiger partial charge in [0, 0.05) is 23.5 Å². The summed E-state index contributed by atoms with van der Waals surface area (Å²) < 4.78 is 12.3. The van der Waals surface area contributed by atoms with Crippen molar-refractivity contribution in [3.05, 3.63) is 71.5 Å². The highest BCUT2D eigenvalue weighted by atomic mass is 16.5. The minimum absolute atomic E-state index is 0.117. The fourth-order valence-corrected chi connectivity index (χ4v) is 4.20. The van der Waals surface area contributed by atoms with Gasteiger partial charge in [-0.1, -0.05) is 30.2 Å². The molecule has 1 aliphatic rings. The maximum absolute atomic E-state index is 12.7. The Morgan fingerprint density at radius 3 is 2.80 bits per heavy atom. The molecular formula is C26H22N6O3. The molecule has 1 aliphatic heterocycles. The van der Waals surface area contributed by atoms with E-state index < -0.39 is 0 Å². The molecule has 3 heterocycles. The number of rotatable bonds is 6. The van der Waals surface area contributed by atoms with Crippen molar-refractivity contribution in [1.29, 1.82) is 0 Å². The number of hydrogen-bond donors (Lipinski definition) is 1. The third kappa shape index (κ3) is 4.29. The summed E-state index contributed by atoms with van der Waals surface area (Å²) in [4.78, 5) is 17.4. The van der Waals surface area contributed by atoms with Crippen LogP contribution in [0.2, 0.25) is 0 Å². The van der Waals surface area contributed by atoms with E-state index in [4.69, 9.17) is 15.9 Å². The molecule has 9 nitrogen and oxygen atoms in total. The van der Waals surface area contributed by atoms with Crippen LogP contribution in [0.4, 0.5) is 5.82 Å².